The van der Waals surface area contributed by atoms with Crippen LogP contribution >= 0.6 is 15.9 Å². The molecule has 0 aliphatic rings. The Morgan fingerprint density at radius 3 is 2.68 bits per heavy atom. The molecule has 0 radical (unpaired) electrons. The van der Waals surface area contributed by atoms with Crippen molar-refractivity contribution in [3.05, 3.63) is 51.8 Å². The predicted octanol–water partition coefficient (Wildman–Crippen LogP) is 3.50. The summed E-state index contributed by atoms with van der Waals surface area (Å²) >= 11 is 3.48. The number of aliphatic hydroxyl groups excluding tert-OH is 1. The number of aryl methyl sites for hydroxylation is 2. The third-order valence-electron chi connectivity index (χ3n) is 3.24. The number of aliphatic hydroxyl groups is 1. The summed E-state index contributed by atoms with van der Waals surface area (Å²) in [6.07, 6.45) is 0.997. The molecule has 0 fully saturated rings. The van der Waals surface area contributed by atoms with E-state index in [1.54, 1.807) is 0 Å². The monoisotopic (exact) mass is 322 g/mol. The van der Waals surface area contributed by atoms with Gasteiger partial charge in [-0.25, -0.2) is 0 Å². The number of hydrogen-bond donors (Lipinski definition) is 1. The van der Waals surface area contributed by atoms with Gasteiger partial charge in [0.05, 0.1) is 11.8 Å². The van der Waals surface area contributed by atoms with E-state index in [0.29, 0.717) is 6.42 Å². The summed E-state index contributed by atoms with van der Waals surface area (Å²) in [5.74, 6) is 0. The average molecular weight is 323 g/mol. The quantitative estimate of drug-likeness (QED) is 0.914. The molecule has 0 aliphatic carbocycles. The normalized spacial score (nSPS) is 12.6. The van der Waals surface area contributed by atoms with Crippen molar-refractivity contribution in [1.82, 2.24) is 9.78 Å². The summed E-state index contributed by atoms with van der Waals surface area (Å²) in [4.78, 5) is 0. The highest BCUT2D eigenvalue weighted by Crippen LogP contribution is 2.26. The van der Waals surface area contributed by atoms with Gasteiger partial charge in [0, 0.05) is 23.1 Å². The lowest BCUT2D eigenvalue weighted by molar-refractivity contribution is 0.174. The SMILES string of the molecule is CCc1cc(CC(O)c2ccccc2Br)n(CC)n1. The standard InChI is InChI=1S/C15H19BrN2O/c1-3-11-9-12(18(4-2)17-11)10-15(19)13-7-5-6-8-14(13)16/h5-9,15,19H,3-4,10H2,1-2H3. The lowest BCUT2D eigenvalue weighted by atomic mass is 10.0. The maximum absolute atomic E-state index is 10.4. The van der Waals surface area contributed by atoms with Gasteiger partial charge in [-0.3, -0.25) is 4.68 Å². The molecule has 4 heteroatoms. The van der Waals surface area contributed by atoms with Crippen molar-refractivity contribution in [3.63, 3.8) is 0 Å². The molecule has 1 aromatic carbocycles. The number of rotatable bonds is 5. The molecule has 1 N–H and O–H groups in total. The first kappa shape index (κ1) is 14.3. The van der Waals surface area contributed by atoms with E-state index in [-0.39, 0.29) is 0 Å². The molecule has 1 heterocycles. The minimum absolute atomic E-state index is 0.512. The highest BCUT2D eigenvalue weighted by molar-refractivity contribution is 9.10. The molecule has 0 saturated carbocycles. The fraction of sp³-hybridized carbons (Fsp3) is 0.400. The van der Waals surface area contributed by atoms with Crippen LogP contribution in [-0.4, -0.2) is 14.9 Å². The van der Waals surface area contributed by atoms with Crippen molar-refractivity contribution in [2.75, 3.05) is 0 Å². The summed E-state index contributed by atoms with van der Waals surface area (Å²) in [6, 6.07) is 9.88. The molecule has 19 heavy (non-hydrogen) atoms. The minimum atomic E-state index is -0.512. The molecule has 1 atom stereocenters. The van der Waals surface area contributed by atoms with Gasteiger partial charge in [-0.05, 0) is 31.0 Å². The molecule has 2 aromatic rings. The molecule has 3 nitrogen and oxygen atoms in total. The smallest absolute Gasteiger partial charge is 0.0856 e. The minimum Gasteiger partial charge on any atom is -0.388 e. The van der Waals surface area contributed by atoms with Crippen LogP contribution in [0.1, 0.15) is 36.9 Å². The Balaban J connectivity index is 2.21. The topological polar surface area (TPSA) is 38.0 Å². The highest BCUT2D eigenvalue weighted by atomic mass is 79.9. The lowest BCUT2D eigenvalue weighted by Gasteiger charge is -2.13. The number of benzene rings is 1. The van der Waals surface area contributed by atoms with Gasteiger partial charge in [0.15, 0.2) is 0 Å². The summed E-state index contributed by atoms with van der Waals surface area (Å²) in [5, 5.41) is 14.9. The molecule has 0 amide bonds. The number of aromatic nitrogens is 2. The molecule has 0 bridgehead atoms. The fourth-order valence-corrected chi connectivity index (χ4v) is 2.73. The van der Waals surface area contributed by atoms with Gasteiger partial charge in [-0.15, -0.1) is 0 Å². The fourth-order valence-electron chi connectivity index (χ4n) is 2.18. The van der Waals surface area contributed by atoms with Crippen molar-refractivity contribution in [2.45, 2.75) is 39.3 Å². The molecule has 1 unspecified atom stereocenters. The van der Waals surface area contributed by atoms with E-state index in [1.807, 2.05) is 28.9 Å². The Morgan fingerprint density at radius 2 is 2.05 bits per heavy atom. The molecule has 0 saturated heterocycles. The van der Waals surface area contributed by atoms with E-state index >= 15 is 0 Å². The van der Waals surface area contributed by atoms with Crippen molar-refractivity contribution in [2.24, 2.45) is 0 Å². The Labute approximate surface area is 122 Å². The van der Waals surface area contributed by atoms with E-state index < -0.39 is 6.10 Å². The van der Waals surface area contributed by atoms with Crippen LogP contribution in [0.5, 0.6) is 0 Å². The van der Waals surface area contributed by atoms with Crippen LogP contribution in [-0.2, 0) is 19.4 Å². The van der Waals surface area contributed by atoms with Gasteiger partial charge in [0.25, 0.3) is 0 Å². The van der Waals surface area contributed by atoms with Crippen LogP contribution in [0, 0.1) is 0 Å². The first-order valence-electron chi connectivity index (χ1n) is 6.63. The van der Waals surface area contributed by atoms with E-state index in [4.69, 9.17) is 0 Å². The zero-order valence-electron chi connectivity index (χ0n) is 11.3. The Morgan fingerprint density at radius 1 is 1.32 bits per heavy atom. The largest absolute Gasteiger partial charge is 0.388 e. The van der Waals surface area contributed by atoms with Gasteiger partial charge in [0.2, 0.25) is 0 Å². The zero-order valence-corrected chi connectivity index (χ0v) is 12.9. The lowest BCUT2D eigenvalue weighted by Crippen LogP contribution is -2.08. The van der Waals surface area contributed by atoms with E-state index in [1.165, 1.54) is 0 Å². The molecule has 2 rings (SSSR count). The second-order valence-electron chi connectivity index (χ2n) is 4.54. The second kappa shape index (κ2) is 6.35. The van der Waals surface area contributed by atoms with Gasteiger partial charge in [-0.1, -0.05) is 41.1 Å². The third kappa shape index (κ3) is 3.25. The first-order valence-corrected chi connectivity index (χ1v) is 7.43. The van der Waals surface area contributed by atoms with Gasteiger partial charge < -0.3 is 5.11 Å². The molecule has 0 spiro atoms. The maximum atomic E-state index is 10.4. The van der Waals surface area contributed by atoms with Crippen molar-refractivity contribution in [3.8, 4) is 0 Å². The second-order valence-corrected chi connectivity index (χ2v) is 5.39. The van der Waals surface area contributed by atoms with Gasteiger partial charge in [-0.2, -0.15) is 5.10 Å². The van der Waals surface area contributed by atoms with Gasteiger partial charge in [0.1, 0.15) is 0 Å². The predicted molar refractivity (Wildman–Crippen MR) is 80.1 cm³/mol. The zero-order chi connectivity index (χ0) is 13.8. The number of halogens is 1. The van der Waals surface area contributed by atoms with Crippen molar-refractivity contribution < 1.29 is 5.11 Å². The van der Waals surface area contributed by atoms with Crippen LogP contribution in [0.25, 0.3) is 0 Å². The van der Waals surface area contributed by atoms with Crippen LogP contribution in [0.3, 0.4) is 0 Å². The summed E-state index contributed by atoms with van der Waals surface area (Å²) in [6.45, 7) is 5.00. The highest BCUT2D eigenvalue weighted by Gasteiger charge is 2.15. The molecular weight excluding hydrogens is 304 g/mol. The Kier molecular flexibility index (Phi) is 4.77. The maximum Gasteiger partial charge on any atom is 0.0856 e. The van der Waals surface area contributed by atoms with Crippen LogP contribution < -0.4 is 0 Å². The molecule has 102 valence electrons. The molecule has 1 aromatic heterocycles. The average Bonchev–Trinajstić information content (AvgIpc) is 2.81. The van der Waals surface area contributed by atoms with Crippen molar-refractivity contribution >= 4 is 15.9 Å². The number of nitrogens with zero attached hydrogens (tertiary/aromatic N) is 2. The Hall–Kier alpha value is -1.13. The van der Waals surface area contributed by atoms with Crippen LogP contribution in [0.2, 0.25) is 0 Å². The Bertz CT molecular complexity index is 551. The molecular formula is C15H19BrN2O. The van der Waals surface area contributed by atoms with E-state index in [9.17, 15) is 5.11 Å². The van der Waals surface area contributed by atoms with Crippen LogP contribution in [0.4, 0.5) is 0 Å². The van der Waals surface area contributed by atoms with Crippen LogP contribution in [0.15, 0.2) is 34.8 Å². The summed E-state index contributed by atoms with van der Waals surface area (Å²) < 4.78 is 2.92. The molecule has 0 aliphatic heterocycles. The van der Waals surface area contributed by atoms with E-state index in [2.05, 4.69) is 40.9 Å². The summed E-state index contributed by atoms with van der Waals surface area (Å²) in [5.41, 5.74) is 3.09. The van der Waals surface area contributed by atoms with E-state index in [0.717, 1.165) is 34.4 Å². The first-order chi connectivity index (χ1) is 9.15. The number of hydrogen-bond acceptors (Lipinski definition) is 2. The third-order valence-corrected chi connectivity index (χ3v) is 3.96. The van der Waals surface area contributed by atoms with Gasteiger partial charge >= 0.3 is 0 Å². The van der Waals surface area contributed by atoms with Crippen molar-refractivity contribution in [1.29, 1.82) is 0 Å². The summed E-state index contributed by atoms with van der Waals surface area (Å²) in [7, 11) is 0.